The highest BCUT2D eigenvalue weighted by molar-refractivity contribution is 6.33. The third kappa shape index (κ3) is 4.39. The quantitative estimate of drug-likeness (QED) is 0.300. The molecule has 5 heteroatoms. The minimum atomic E-state index is -0.370. The molecule has 0 amide bonds. The summed E-state index contributed by atoms with van der Waals surface area (Å²) >= 11 is 6.62. The molecule has 4 nitrogen and oxygen atoms in total. The fourth-order valence-corrected chi connectivity index (χ4v) is 6.32. The van der Waals surface area contributed by atoms with E-state index in [1.165, 1.54) is 11.1 Å². The van der Waals surface area contributed by atoms with Gasteiger partial charge in [-0.2, -0.15) is 0 Å². The number of H-pyrrole nitrogens is 1. The lowest BCUT2D eigenvalue weighted by Gasteiger charge is -2.53. The van der Waals surface area contributed by atoms with E-state index in [2.05, 4.69) is 96.6 Å². The van der Waals surface area contributed by atoms with Crippen molar-refractivity contribution in [2.75, 3.05) is 26.2 Å². The summed E-state index contributed by atoms with van der Waals surface area (Å²) in [6, 6.07) is 29.8. The van der Waals surface area contributed by atoms with Gasteiger partial charge in [0.15, 0.2) is 0 Å². The van der Waals surface area contributed by atoms with Crippen LogP contribution in [0.15, 0.2) is 84.9 Å². The Hall–Kier alpha value is -2.92. The van der Waals surface area contributed by atoms with Gasteiger partial charge in [-0.15, -0.1) is 0 Å². The Balaban J connectivity index is 1.81. The monoisotopic (exact) mass is 498 g/mol. The predicted molar refractivity (Wildman–Crippen MR) is 149 cm³/mol. The van der Waals surface area contributed by atoms with Crippen molar-refractivity contribution >= 4 is 11.6 Å². The lowest BCUT2D eigenvalue weighted by molar-refractivity contribution is 0.0108. The molecule has 0 aliphatic carbocycles. The number of aromatic nitrogens is 2. The second-order valence-corrected chi connectivity index (χ2v) is 10.4. The highest BCUT2D eigenvalue weighted by Crippen LogP contribution is 2.51. The summed E-state index contributed by atoms with van der Waals surface area (Å²) in [4.78, 5) is 11.7. The van der Waals surface area contributed by atoms with Crippen LogP contribution < -0.4 is 5.32 Å². The minimum absolute atomic E-state index is 0.0964. The van der Waals surface area contributed by atoms with Gasteiger partial charge >= 0.3 is 0 Å². The molecular weight excluding hydrogens is 464 g/mol. The summed E-state index contributed by atoms with van der Waals surface area (Å²) in [5.41, 5.74) is 5.36. The number of nitrogens with one attached hydrogen (secondary N) is 2. The lowest BCUT2D eigenvalue weighted by atomic mass is 9.65. The molecule has 1 atom stereocenters. The molecule has 186 valence electrons. The number of benzene rings is 3. The van der Waals surface area contributed by atoms with Crippen molar-refractivity contribution in [3.63, 3.8) is 0 Å². The van der Waals surface area contributed by atoms with Crippen LogP contribution in [0.3, 0.4) is 0 Å². The Morgan fingerprint density at radius 2 is 1.39 bits per heavy atom. The standard InChI is InChI=1S/C31H35ClN4/c1-22(2)31(36-20-18-33-19-21-36,28(24-12-6-4-7-13-24)25-14-8-5-9-15-25)29-23(3)34-30(35-29)26-16-10-11-17-27(26)32/h4-17,22,28,33H,18-21H2,1-3H3,(H,34,35). The van der Waals surface area contributed by atoms with Crippen LogP contribution in [0.5, 0.6) is 0 Å². The Labute approximate surface area is 219 Å². The Bertz CT molecular complexity index is 1240. The number of nitrogens with zero attached hydrogens (tertiary/aromatic N) is 2. The van der Waals surface area contributed by atoms with Gasteiger partial charge in [0, 0.05) is 43.4 Å². The molecule has 2 heterocycles. The van der Waals surface area contributed by atoms with E-state index < -0.39 is 0 Å². The molecule has 1 fully saturated rings. The van der Waals surface area contributed by atoms with Crippen molar-refractivity contribution < 1.29 is 0 Å². The largest absolute Gasteiger partial charge is 0.342 e. The number of aryl methyl sites for hydroxylation is 1. The van der Waals surface area contributed by atoms with Gasteiger partial charge in [0.25, 0.3) is 0 Å². The molecule has 1 aromatic heterocycles. The van der Waals surface area contributed by atoms with E-state index in [0.29, 0.717) is 5.02 Å². The zero-order chi connectivity index (χ0) is 25.1. The number of aromatic amines is 1. The zero-order valence-electron chi connectivity index (χ0n) is 21.3. The fraction of sp³-hybridized carbons (Fsp3) is 0.323. The van der Waals surface area contributed by atoms with Crippen LogP contribution >= 0.6 is 11.6 Å². The SMILES string of the molecule is Cc1[nH]c(-c2ccccc2Cl)nc1C(C(C)C)(C(c1ccccc1)c1ccccc1)N1CCNCC1. The van der Waals surface area contributed by atoms with Crippen molar-refractivity contribution in [3.8, 4) is 11.4 Å². The number of rotatable bonds is 7. The maximum absolute atomic E-state index is 6.62. The van der Waals surface area contributed by atoms with E-state index in [-0.39, 0.29) is 17.4 Å². The highest BCUT2D eigenvalue weighted by atomic mass is 35.5. The number of hydrogen-bond donors (Lipinski definition) is 2. The maximum Gasteiger partial charge on any atom is 0.139 e. The second-order valence-electron chi connectivity index (χ2n) is 10.0. The molecule has 0 bridgehead atoms. The van der Waals surface area contributed by atoms with E-state index >= 15 is 0 Å². The first kappa shape index (κ1) is 24.8. The van der Waals surface area contributed by atoms with Crippen LogP contribution in [0.1, 0.15) is 42.3 Å². The summed E-state index contributed by atoms with van der Waals surface area (Å²) in [7, 11) is 0. The first-order chi connectivity index (χ1) is 17.5. The lowest BCUT2D eigenvalue weighted by Crippen LogP contribution is -2.60. The molecule has 4 aromatic rings. The van der Waals surface area contributed by atoms with Crippen LogP contribution in [0.4, 0.5) is 0 Å². The normalized spacial score (nSPS) is 16.4. The third-order valence-electron chi connectivity index (χ3n) is 7.62. The average molecular weight is 499 g/mol. The van der Waals surface area contributed by atoms with Gasteiger partial charge in [-0.3, -0.25) is 4.90 Å². The molecule has 1 saturated heterocycles. The van der Waals surface area contributed by atoms with Gasteiger partial charge in [0.2, 0.25) is 0 Å². The molecule has 2 N–H and O–H groups in total. The third-order valence-corrected chi connectivity index (χ3v) is 7.95. The van der Waals surface area contributed by atoms with Gasteiger partial charge in [0.1, 0.15) is 5.82 Å². The molecule has 1 aliphatic rings. The van der Waals surface area contributed by atoms with Gasteiger partial charge in [0.05, 0.1) is 16.3 Å². The van der Waals surface area contributed by atoms with Gasteiger partial charge in [-0.05, 0) is 36.1 Å². The molecule has 5 rings (SSSR count). The summed E-state index contributed by atoms with van der Waals surface area (Å²) in [6.45, 7) is 10.7. The molecule has 0 saturated carbocycles. The number of piperazine rings is 1. The van der Waals surface area contributed by atoms with Crippen molar-refractivity contribution in [1.29, 1.82) is 0 Å². The van der Waals surface area contributed by atoms with Crippen molar-refractivity contribution in [3.05, 3.63) is 112 Å². The first-order valence-electron chi connectivity index (χ1n) is 12.9. The number of imidazole rings is 1. The van der Waals surface area contributed by atoms with Crippen LogP contribution in [-0.4, -0.2) is 41.0 Å². The summed E-state index contributed by atoms with van der Waals surface area (Å²) in [5, 5.41) is 4.27. The molecular formula is C31H35ClN4. The number of hydrogen-bond acceptors (Lipinski definition) is 3. The Morgan fingerprint density at radius 3 is 1.94 bits per heavy atom. The van der Waals surface area contributed by atoms with E-state index in [0.717, 1.165) is 49.0 Å². The Morgan fingerprint density at radius 1 is 0.833 bits per heavy atom. The molecule has 1 unspecified atom stereocenters. The highest BCUT2D eigenvalue weighted by Gasteiger charge is 2.51. The van der Waals surface area contributed by atoms with Gasteiger partial charge in [-0.1, -0.05) is 98.2 Å². The predicted octanol–water partition coefficient (Wildman–Crippen LogP) is 6.63. The van der Waals surface area contributed by atoms with Crippen LogP contribution in [0.2, 0.25) is 5.02 Å². The van der Waals surface area contributed by atoms with Gasteiger partial charge in [-0.25, -0.2) is 4.98 Å². The minimum Gasteiger partial charge on any atom is -0.342 e. The van der Waals surface area contributed by atoms with Crippen LogP contribution in [0.25, 0.3) is 11.4 Å². The van der Waals surface area contributed by atoms with E-state index in [9.17, 15) is 0 Å². The van der Waals surface area contributed by atoms with Crippen LogP contribution in [0, 0.1) is 12.8 Å². The van der Waals surface area contributed by atoms with Gasteiger partial charge < -0.3 is 10.3 Å². The van der Waals surface area contributed by atoms with Crippen molar-refractivity contribution in [2.24, 2.45) is 5.92 Å². The second kappa shape index (κ2) is 10.6. The topological polar surface area (TPSA) is 44.0 Å². The summed E-state index contributed by atoms with van der Waals surface area (Å²) in [6.07, 6.45) is 0. The van der Waals surface area contributed by atoms with Crippen molar-refractivity contribution in [2.45, 2.75) is 32.2 Å². The van der Waals surface area contributed by atoms with Crippen molar-refractivity contribution in [1.82, 2.24) is 20.2 Å². The molecule has 0 radical (unpaired) electrons. The smallest absolute Gasteiger partial charge is 0.139 e. The van der Waals surface area contributed by atoms with Crippen LogP contribution in [-0.2, 0) is 5.54 Å². The summed E-state index contributed by atoms with van der Waals surface area (Å²) in [5.74, 6) is 1.20. The number of halogens is 1. The van der Waals surface area contributed by atoms with E-state index in [1.54, 1.807) is 0 Å². The molecule has 0 spiro atoms. The van der Waals surface area contributed by atoms with E-state index in [4.69, 9.17) is 16.6 Å². The fourth-order valence-electron chi connectivity index (χ4n) is 6.10. The maximum atomic E-state index is 6.62. The average Bonchev–Trinajstić information content (AvgIpc) is 3.30. The summed E-state index contributed by atoms with van der Waals surface area (Å²) < 4.78 is 0. The molecule has 36 heavy (non-hydrogen) atoms. The van der Waals surface area contributed by atoms with E-state index in [1.807, 2.05) is 24.3 Å². The molecule has 3 aromatic carbocycles. The zero-order valence-corrected chi connectivity index (χ0v) is 22.1. The first-order valence-corrected chi connectivity index (χ1v) is 13.3. The molecule has 1 aliphatic heterocycles. The Kier molecular flexibility index (Phi) is 7.29.